The average Bonchev–Trinajstić information content (AvgIpc) is 3.08. The van der Waals surface area contributed by atoms with Crippen molar-refractivity contribution in [3.05, 3.63) is 18.2 Å². The molecule has 5 heteroatoms. The summed E-state index contributed by atoms with van der Waals surface area (Å²) in [5, 5.41) is 0. The number of carbonyl (C=O) groups is 1. The van der Waals surface area contributed by atoms with E-state index in [2.05, 4.69) is 25.8 Å². The highest BCUT2D eigenvalue weighted by Gasteiger charge is 2.34. The largest absolute Gasteiger partial charge is 0.337 e. The summed E-state index contributed by atoms with van der Waals surface area (Å²) in [6, 6.07) is 0.316. The van der Waals surface area contributed by atoms with Gasteiger partial charge in [-0.15, -0.1) is 0 Å². The first-order chi connectivity index (χ1) is 9.76. The molecule has 0 aromatic carbocycles. The zero-order valence-electron chi connectivity index (χ0n) is 13.7. The minimum absolute atomic E-state index is 0.0693. The van der Waals surface area contributed by atoms with Gasteiger partial charge in [-0.1, -0.05) is 20.8 Å². The zero-order chi connectivity index (χ0) is 15.6. The highest BCUT2D eigenvalue weighted by Crippen LogP contribution is 2.29. The molecule has 1 saturated carbocycles. The van der Waals surface area contributed by atoms with E-state index in [1.165, 1.54) is 0 Å². The van der Waals surface area contributed by atoms with Gasteiger partial charge in [0.05, 0.1) is 6.54 Å². The van der Waals surface area contributed by atoms with Gasteiger partial charge in [0.25, 0.3) is 0 Å². The number of amides is 1. The summed E-state index contributed by atoms with van der Waals surface area (Å²) in [4.78, 5) is 18.9. The molecular weight excluding hydrogens is 264 g/mol. The summed E-state index contributed by atoms with van der Waals surface area (Å²) < 4.78 is 1.97. The molecule has 1 aromatic heterocycles. The third-order valence-electron chi connectivity index (χ3n) is 3.85. The molecule has 1 heterocycles. The van der Waals surface area contributed by atoms with E-state index < -0.39 is 0 Å². The minimum atomic E-state index is -0.0693. The second-order valence-corrected chi connectivity index (χ2v) is 7.44. The molecule has 5 nitrogen and oxygen atoms in total. The molecule has 1 amide bonds. The van der Waals surface area contributed by atoms with Crippen LogP contribution in [0.2, 0.25) is 0 Å². The number of hydrogen-bond acceptors (Lipinski definition) is 3. The number of carbonyl (C=O) groups excluding carboxylic acids is 1. The third-order valence-corrected chi connectivity index (χ3v) is 3.85. The maximum atomic E-state index is 12.6. The normalized spacial score (nSPS) is 16.8. The fourth-order valence-corrected chi connectivity index (χ4v) is 2.71. The van der Waals surface area contributed by atoms with Gasteiger partial charge in [-0.2, -0.15) is 0 Å². The Labute approximate surface area is 127 Å². The van der Waals surface area contributed by atoms with Crippen LogP contribution in [0.5, 0.6) is 0 Å². The molecule has 1 aliphatic carbocycles. The molecule has 1 aromatic rings. The molecule has 1 fully saturated rings. The Morgan fingerprint density at radius 1 is 1.52 bits per heavy atom. The zero-order valence-corrected chi connectivity index (χ0v) is 13.7. The van der Waals surface area contributed by atoms with Crippen LogP contribution in [-0.4, -0.2) is 32.4 Å². The Morgan fingerprint density at radius 2 is 2.19 bits per heavy atom. The quantitative estimate of drug-likeness (QED) is 0.873. The fraction of sp³-hybridized carbons (Fsp3) is 0.750. The van der Waals surface area contributed by atoms with Crippen LogP contribution in [0.4, 0.5) is 0 Å². The van der Waals surface area contributed by atoms with Crippen LogP contribution in [-0.2, 0) is 18.4 Å². The van der Waals surface area contributed by atoms with Crippen LogP contribution in [0.3, 0.4) is 0 Å². The number of aromatic nitrogens is 2. The van der Waals surface area contributed by atoms with Crippen LogP contribution in [0.25, 0.3) is 0 Å². The van der Waals surface area contributed by atoms with Crippen molar-refractivity contribution in [2.45, 2.75) is 65.1 Å². The Hall–Kier alpha value is -1.36. The van der Waals surface area contributed by atoms with E-state index in [1.54, 1.807) is 6.20 Å². The van der Waals surface area contributed by atoms with Crippen molar-refractivity contribution in [3.8, 4) is 0 Å². The first kappa shape index (κ1) is 16.0. The number of aryl methyl sites for hydroxylation is 1. The molecule has 118 valence electrons. The van der Waals surface area contributed by atoms with Crippen molar-refractivity contribution in [1.82, 2.24) is 14.5 Å². The molecule has 21 heavy (non-hydrogen) atoms. The van der Waals surface area contributed by atoms with Gasteiger partial charge in [-0.25, -0.2) is 4.98 Å². The van der Waals surface area contributed by atoms with Crippen LogP contribution < -0.4 is 5.73 Å². The summed E-state index contributed by atoms with van der Waals surface area (Å²) in [5.74, 6) is 1.09. The molecule has 1 aliphatic rings. The van der Waals surface area contributed by atoms with E-state index in [0.717, 1.165) is 25.1 Å². The Morgan fingerprint density at radius 3 is 2.67 bits per heavy atom. The van der Waals surface area contributed by atoms with Gasteiger partial charge in [-0.3, -0.25) is 4.79 Å². The summed E-state index contributed by atoms with van der Waals surface area (Å²) in [6.45, 7) is 7.06. The van der Waals surface area contributed by atoms with Gasteiger partial charge < -0.3 is 15.2 Å². The number of hydrogen-bond donors (Lipinski definition) is 1. The van der Waals surface area contributed by atoms with E-state index in [9.17, 15) is 4.79 Å². The maximum absolute atomic E-state index is 12.6. The van der Waals surface area contributed by atoms with Crippen molar-refractivity contribution in [3.63, 3.8) is 0 Å². The molecule has 2 N–H and O–H groups in total. The molecule has 0 bridgehead atoms. The summed E-state index contributed by atoms with van der Waals surface area (Å²) in [5.41, 5.74) is 6.31. The van der Waals surface area contributed by atoms with Crippen LogP contribution in [0.15, 0.2) is 12.4 Å². The molecule has 2 rings (SSSR count). The van der Waals surface area contributed by atoms with Gasteiger partial charge in [-0.05, 0) is 24.7 Å². The molecule has 0 aliphatic heterocycles. The highest BCUT2D eigenvalue weighted by molar-refractivity contribution is 5.77. The van der Waals surface area contributed by atoms with Crippen molar-refractivity contribution in [2.24, 2.45) is 18.2 Å². The topological polar surface area (TPSA) is 64.2 Å². The molecule has 0 radical (unpaired) electrons. The Kier molecular flexibility index (Phi) is 4.71. The van der Waals surface area contributed by atoms with E-state index in [-0.39, 0.29) is 17.4 Å². The predicted molar refractivity (Wildman–Crippen MR) is 83.4 cm³/mol. The maximum Gasteiger partial charge on any atom is 0.224 e. The highest BCUT2D eigenvalue weighted by atomic mass is 16.2. The van der Waals surface area contributed by atoms with E-state index in [1.807, 2.05) is 22.7 Å². The second kappa shape index (κ2) is 6.18. The van der Waals surface area contributed by atoms with E-state index >= 15 is 0 Å². The van der Waals surface area contributed by atoms with Crippen LogP contribution in [0.1, 0.15) is 52.3 Å². The number of nitrogens with zero attached hydrogens (tertiary/aromatic N) is 3. The summed E-state index contributed by atoms with van der Waals surface area (Å²) >= 11 is 0. The lowest BCUT2D eigenvalue weighted by Gasteiger charge is -2.26. The molecule has 0 spiro atoms. The minimum Gasteiger partial charge on any atom is -0.337 e. The van der Waals surface area contributed by atoms with Crippen LogP contribution in [0, 0.1) is 5.41 Å². The van der Waals surface area contributed by atoms with Gasteiger partial charge in [0.2, 0.25) is 5.91 Å². The van der Waals surface area contributed by atoms with E-state index in [4.69, 9.17) is 5.73 Å². The molecule has 0 saturated heterocycles. The first-order valence-corrected chi connectivity index (χ1v) is 7.77. The van der Waals surface area contributed by atoms with Crippen molar-refractivity contribution in [1.29, 1.82) is 0 Å². The van der Waals surface area contributed by atoms with Gasteiger partial charge in [0.1, 0.15) is 5.82 Å². The third kappa shape index (κ3) is 4.84. The molecular formula is C16H28N4O. The van der Waals surface area contributed by atoms with Gasteiger partial charge in [0, 0.05) is 37.9 Å². The summed E-state index contributed by atoms with van der Waals surface area (Å²) in [7, 11) is 1.96. The van der Waals surface area contributed by atoms with Crippen molar-refractivity contribution in [2.75, 3.05) is 0 Å². The van der Waals surface area contributed by atoms with Gasteiger partial charge in [0.15, 0.2) is 0 Å². The monoisotopic (exact) mass is 292 g/mol. The average molecular weight is 292 g/mol. The lowest BCUT2D eigenvalue weighted by molar-refractivity contribution is -0.133. The number of imidazole rings is 1. The lowest BCUT2D eigenvalue weighted by atomic mass is 9.87. The Balaban J connectivity index is 1.95. The van der Waals surface area contributed by atoms with Crippen molar-refractivity contribution >= 4 is 5.91 Å². The second-order valence-electron chi connectivity index (χ2n) is 7.44. The fourth-order valence-electron chi connectivity index (χ4n) is 2.71. The first-order valence-electron chi connectivity index (χ1n) is 7.77. The number of nitrogens with two attached hydrogens (primary N) is 1. The van der Waals surface area contributed by atoms with E-state index in [0.29, 0.717) is 19.0 Å². The molecule has 1 atom stereocenters. The van der Waals surface area contributed by atoms with Crippen LogP contribution >= 0.6 is 0 Å². The lowest BCUT2D eigenvalue weighted by Crippen LogP contribution is -2.38. The number of rotatable bonds is 6. The predicted octanol–water partition coefficient (Wildman–Crippen LogP) is 2.06. The summed E-state index contributed by atoms with van der Waals surface area (Å²) in [6.07, 6.45) is 7.18. The SMILES string of the molecule is Cn1ccnc1CN(C(=O)CC(N)CC(C)(C)C)C1CC1. The van der Waals surface area contributed by atoms with Gasteiger partial charge >= 0.3 is 0 Å². The van der Waals surface area contributed by atoms with Crippen molar-refractivity contribution < 1.29 is 4.79 Å². The molecule has 1 unspecified atom stereocenters. The standard InChI is InChI=1S/C16H28N4O/c1-16(2,3)10-12(17)9-15(21)20(13-5-6-13)11-14-18-7-8-19(14)4/h7-8,12-13H,5-6,9-11,17H2,1-4H3. The smallest absolute Gasteiger partial charge is 0.224 e. The Bertz CT molecular complexity index is 485.